The quantitative estimate of drug-likeness (QED) is 0.0754. The van der Waals surface area contributed by atoms with Crippen LogP contribution >= 0.6 is 0 Å². The predicted octanol–water partition coefficient (Wildman–Crippen LogP) is 10.3. The first kappa shape index (κ1) is 50.8. The zero-order valence-electron chi connectivity index (χ0n) is 42.0. The topological polar surface area (TPSA) is 187 Å². The molecule has 5 heterocycles. The number of piperidine rings is 2. The molecule has 3 aliphatic heterocycles. The second kappa shape index (κ2) is 23.0. The number of hydrogen-bond acceptors (Lipinski definition) is 10. The molecule has 7 unspecified atom stereocenters. The molecule has 2 aliphatic carbocycles. The second-order valence-corrected chi connectivity index (χ2v) is 19.0. The van der Waals surface area contributed by atoms with E-state index in [2.05, 4.69) is 143 Å². The number of likely N-dealkylation sites (tertiary alicyclic amines) is 2. The van der Waals surface area contributed by atoms with Gasteiger partial charge in [-0.3, -0.25) is 9.69 Å². The molecule has 3 aromatic carbocycles. The Bertz CT molecular complexity index is 2550. The van der Waals surface area contributed by atoms with Crippen molar-refractivity contribution in [3.8, 4) is 33.5 Å². The van der Waals surface area contributed by atoms with Gasteiger partial charge in [0.25, 0.3) is 0 Å². The Labute approximate surface area is 407 Å². The van der Waals surface area contributed by atoms with E-state index in [-0.39, 0.29) is 43.2 Å². The Morgan fingerprint density at radius 2 is 1.35 bits per heavy atom. The van der Waals surface area contributed by atoms with E-state index >= 15 is 0 Å². The fraction of sp³-hybridized carbons (Fsp3) is 0.519. The van der Waals surface area contributed by atoms with Crippen LogP contribution in [0.5, 0.6) is 0 Å². The van der Waals surface area contributed by atoms with Crippen molar-refractivity contribution in [1.82, 2.24) is 45.7 Å². The number of H-pyrrole nitrogens is 2. The Morgan fingerprint density at radius 1 is 0.739 bits per heavy atom. The van der Waals surface area contributed by atoms with E-state index in [0.717, 1.165) is 83.6 Å². The van der Waals surface area contributed by atoms with Crippen molar-refractivity contribution < 1.29 is 28.7 Å². The van der Waals surface area contributed by atoms with Crippen molar-refractivity contribution in [3.63, 3.8) is 0 Å². The lowest BCUT2D eigenvalue weighted by Crippen LogP contribution is -2.41. The van der Waals surface area contributed by atoms with E-state index in [9.17, 15) is 19.2 Å². The van der Waals surface area contributed by atoms with Gasteiger partial charge in [0.2, 0.25) is 5.91 Å². The first-order valence-corrected chi connectivity index (χ1v) is 25.2. The number of ether oxygens (including phenoxy) is 2. The molecule has 0 bridgehead atoms. The molecular formula is C54H73N9O6. The third-order valence-electron chi connectivity index (χ3n) is 13.8. The molecule has 2 aromatic heterocycles. The summed E-state index contributed by atoms with van der Waals surface area (Å²) in [6, 6.07) is 21.9. The summed E-state index contributed by atoms with van der Waals surface area (Å²) in [7, 11) is 4.78. The standard InChI is InChI=1S/C44H50N8O3.C4H7NO3.2C3H8/c1-5-7-32-41-29(25-12-15-31-33(16-25)49-43(48-31)38-20-27-18-36(27)52(38)39(53)22-46-44(54)55-4)14-13-28(40(41)30(6-2)47-32)23-8-10-24(11-9-23)34-21-45-42(50-34)37-19-26-17-35(26)51(37)3;1-8-4(7)5-2-3-6;2*1-3-2/h8-16,21,26-27,30,32,35-38,47H,5-7,17-20,22H2,1-4H3,(H,45,50)(H,46,54)(H,48,49);3H,2H2,1H3,(H,5,7);2*3H2,1-2H3/t26?,27?,30?,32?,35?,36?,37?,38-;;;/m1.../s1. The zero-order chi connectivity index (χ0) is 49.4. The number of imidazole rings is 2. The van der Waals surface area contributed by atoms with E-state index in [0.29, 0.717) is 18.2 Å². The second-order valence-electron chi connectivity index (χ2n) is 19.0. The van der Waals surface area contributed by atoms with Gasteiger partial charge in [0.05, 0.1) is 55.8 Å². The minimum Gasteiger partial charge on any atom is -0.453 e. The first-order chi connectivity index (χ1) is 33.5. The number of aromatic amines is 2. The Hall–Kier alpha value is -6.06. The number of aldehydes is 1. The van der Waals surface area contributed by atoms with E-state index in [1.807, 2.05) is 11.1 Å². The third-order valence-corrected chi connectivity index (χ3v) is 13.8. The molecule has 0 radical (unpaired) electrons. The van der Waals surface area contributed by atoms with Crippen LogP contribution in [-0.2, 0) is 19.1 Å². The van der Waals surface area contributed by atoms with E-state index in [1.54, 1.807) is 0 Å². The van der Waals surface area contributed by atoms with Crippen molar-refractivity contribution in [2.45, 2.75) is 136 Å². The summed E-state index contributed by atoms with van der Waals surface area (Å²) in [5.74, 6) is 3.11. The number of amides is 3. The molecule has 4 fully saturated rings. The summed E-state index contributed by atoms with van der Waals surface area (Å²) in [4.78, 5) is 66.1. The van der Waals surface area contributed by atoms with Crippen LogP contribution in [-0.4, -0.2) is 101 Å². The van der Waals surface area contributed by atoms with Gasteiger partial charge in [0.1, 0.15) is 24.5 Å². The number of hydrogen-bond donors (Lipinski definition) is 5. The minimum atomic E-state index is -0.603. The van der Waals surface area contributed by atoms with Crippen LogP contribution in [0.15, 0.2) is 60.8 Å². The smallest absolute Gasteiger partial charge is 0.407 e. The van der Waals surface area contributed by atoms with Gasteiger partial charge in [-0.1, -0.05) is 103 Å². The summed E-state index contributed by atoms with van der Waals surface area (Å²) >= 11 is 0. The Kier molecular flexibility index (Phi) is 17.0. The normalized spacial score (nSPS) is 23.4. The molecule has 2 saturated carbocycles. The number of carbonyl (C=O) groups excluding carboxylic acids is 4. The monoisotopic (exact) mass is 944 g/mol. The average molecular weight is 944 g/mol. The summed E-state index contributed by atoms with van der Waals surface area (Å²) in [6.07, 6.45) is 11.5. The van der Waals surface area contributed by atoms with Gasteiger partial charge in [-0.15, -0.1) is 0 Å². The van der Waals surface area contributed by atoms with Crippen molar-refractivity contribution >= 4 is 35.4 Å². The van der Waals surface area contributed by atoms with Crippen LogP contribution in [0.2, 0.25) is 0 Å². The highest BCUT2D eigenvalue weighted by Gasteiger charge is 2.55. The maximum Gasteiger partial charge on any atom is 0.407 e. The van der Waals surface area contributed by atoms with Crippen LogP contribution in [0, 0.1) is 11.8 Å². The molecule has 5 aliphatic rings. The molecule has 10 rings (SSSR count). The van der Waals surface area contributed by atoms with Gasteiger partial charge < -0.3 is 45.1 Å². The summed E-state index contributed by atoms with van der Waals surface area (Å²) < 4.78 is 8.82. The van der Waals surface area contributed by atoms with E-state index in [4.69, 9.17) is 9.97 Å². The average Bonchev–Trinajstić information content (AvgIpc) is 3.89. The van der Waals surface area contributed by atoms with Gasteiger partial charge in [-0.2, -0.15) is 0 Å². The third kappa shape index (κ3) is 11.2. The summed E-state index contributed by atoms with van der Waals surface area (Å²) in [5.41, 5.74) is 11.8. The highest BCUT2D eigenvalue weighted by atomic mass is 16.5. The fourth-order valence-corrected chi connectivity index (χ4v) is 10.5. The highest BCUT2D eigenvalue weighted by molar-refractivity contribution is 5.87. The van der Waals surface area contributed by atoms with Gasteiger partial charge in [-0.25, -0.2) is 19.6 Å². The SMILES string of the molecule is CCC.CCC.CCCC1NC(CC)c2c(-c3ccc(-c4cnc(C5CC6CC6N5C)[nH]4)cc3)ccc(-c3ccc4nc([C@H]5CC6CC6N5C(=O)CNC(=O)OC)[nH]c4c3)c21.COC(=O)NCC=O. The molecule has 15 heteroatoms. The summed E-state index contributed by atoms with van der Waals surface area (Å²) in [5, 5.41) is 8.73. The Balaban J connectivity index is 0.000000445. The minimum absolute atomic E-state index is 0.00662. The van der Waals surface area contributed by atoms with Gasteiger partial charge in [-0.05, 0) is 108 Å². The van der Waals surface area contributed by atoms with E-state index in [1.165, 1.54) is 67.7 Å². The van der Waals surface area contributed by atoms with E-state index < -0.39 is 12.2 Å². The van der Waals surface area contributed by atoms with Crippen LogP contribution in [0.1, 0.15) is 146 Å². The predicted molar refractivity (Wildman–Crippen MR) is 270 cm³/mol. The van der Waals surface area contributed by atoms with Crippen LogP contribution < -0.4 is 16.0 Å². The first-order valence-electron chi connectivity index (χ1n) is 25.2. The van der Waals surface area contributed by atoms with Crippen molar-refractivity contribution in [3.05, 3.63) is 83.6 Å². The van der Waals surface area contributed by atoms with Crippen molar-refractivity contribution in [2.75, 3.05) is 34.4 Å². The number of aromatic nitrogens is 4. The number of rotatable bonds is 12. The number of methoxy groups -OCH3 is 2. The molecule has 5 aromatic rings. The van der Waals surface area contributed by atoms with Crippen LogP contribution in [0.4, 0.5) is 9.59 Å². The molecule has 15 nitrogen and oxygen atoms in total. The van der Waals surface area contributed by atoms with Crippen LogP contribution in [0.3, 0.4) is 0 Å². The molecule has 8 atom stereocenters. The lowest BCUT2D eigenvalue weighted by atomic mass is 9.85. The fourth-order valence-electron chi connectivity index (χ4n) is 10.5. The molecular weight excluding hydrogens is 871 g/mol. The summed E-state index contributed by atoms with van der Waals surface area (Å²) in [6.45, 7) is 13.0. The number of benzene rings is 3. The maximum atomic E-state index is 13.3. The van der Waals surface area contributed by atoms with Gasteiger partial charge >= 0.3 is 12.2 Å². The molecule has 69 heavy (non-hydrogen) atoms. The number of nitrogens with one attached hydrogen (secondary N) is 5. The van der Waals surface area contributed by atoms with Crippen molar-refractivity contribution in [2.24, 2.45) is 11.8 Å². The number of fused-ring (bicyclic) bond motifs is 4. The molecule has 370 valence electrons. The molecule has 5 N–H and O–H groups in total. The highest BCUT2D eigenvalue weighted by Crippen LogP contribution is 2.54. The van der Waals surface area contributed by atoms with Gasteiger partial charge in [0, 0.05) is 24.2 Å². The molecule has 2 saturated heterocycles. The zero-order valence-corrected chi connectivity index (χ0v) is 42.0. The van der Waals surface area contributed by atoms with Crippen molar-refractivity contribution in [1.29, 1.82) is 0 Å². The van der Waals surface area contributed by atoms with Gasteiger partial charge in [0.15, 0.2) is 0 Å². The number of carbonyl (C=O) groups is 4. The molecule has 0 spiro atoms. The lowest BCUT2D eigenvalue weighted by molar-refractivity contribution is -0.132. The largest absolute Gasteiger partial charge is 0.453 e. The van der Waals surface area contributed by atoms with Crippen LogP contribution in [0.25, 0.3) is 44.5 Å². The number of nitrogens with zero attached hydrogens (tertiary/aromatic N) is 4. The maximum absolute atomic E-state index is 13.3. The lowest BCUT2D eigenvalue weighted by Gasteiger charge is -2.26. The Morgan fingerprint density at radius 3 is 1.99 bits per heavy atom. The number of alkyl carbamates (subject to hydrolysis) is 2. The molecule has 3 amide bonds.